The number of imide groups is 1. The number of carbonyl (C=O) groups excluding carboxylic acids is 3. The van der Waals surface area contributed by atoms with Crippen molar-refractivity contribution in [1.29, 1.82) is 0 Å². The molecule has 2 aliphatic heterocycles. The summed E-state index contributed by atoms with van der Waals surface area (Å²) in [5.41, 5.74) is 2.03. The highest BCUT2D eigenvalue weighted by Gasteiger charge is 2.57. The summed E-state index contributed by atoms with van der Waals surface area (Å²) < 4.78 is 6.36. The van der Waals surface area contributed by atoms with Crippen LogP contribution in [-0.4, -0.2) is 34.2 Å². The quantitative estimate of drug-likeness (QED) is 0.325. The molecule has 186 valence electrons. The standard InChI is InChI=1S/C25H20Cl2N2O5S2/c1-3-34-16(30)11-28-24-21(36-25(28)33)17(14-5-4-6-15(26)19(14)27)18-20(35-24)23(32)29(22(18)31)13-9-7-12(2)8-10-13/h4-10,17-18,20H,3,11H2,1-2H3/t17-,18?,20?/m1/s1. The highest BCUT2D eigenvalue weighted by molar-refractivity contribution is 8.00. The van der Waals surface area contributed by atoms with E-state index in [-0.39, 0.29) is 34.9 Å². The summed E-state index contributed by atoms with van der Waals surface area (Å²) >= 11 is 15.0. The first-order valence-corrected chi connectivity index (χ1v) is 13.6. The van der Waals surface area contributed by atoms with Gasteiger partial charge in [-0.3, -0.25) is 23.7 Å². The third-order valence-electron chi connectivity index (χ3n) is 6.25. The molecule has 5 rings (SSSR count). The molecule has 2 amide bonds. The number of aromatic nitrogens is 1. The van der Waals surface area contributed by atoms with Crippen LogP contribution < -0.4 is 9.77 Å². The zero-order chi connectivity index (χ0) is 25.7. The van der Waals surface area contributed by atoms with E-state index in [0.29, 0.717) is 26.2 Å². The van der Waals surface area contributed by atoms with Crippen molar-refractivity contribution in [2.75, 3.05) is 11.5 Å². The van der Waals surface area contributed by atoms with Crippen molar-refractivity contribution < 1.29 is 19.1 Å². The lowest BCUT2D eigenvalue weighted by atomic mass is 9.83. The van der Waals surface area contributed by atoms with Crippen LogP contribution in [0.15, 0.2) is 52.3 Å². The van der Waals surface area contributed by atoms with Gasteiger partial charge in [-0.2, -0.15) is 0 Å². The smallest absolute Gasteiger partial charge is 0.326 e. The molecule has 0 bridgehead atoms. The zero-order valence-corrected chi connectivity index (χ0v) is 22.3. The van der Waals surface area contributed by atoms with E-state index in [1.807, 2.05) is 19.1 Å². The Kier molecular flexibility index (Phi) is 6.76. The number of amides is 2. The lowest BCUT2D eigenvalue weighted by molar-refractivity contribution is -0.144. The maximum atomic E-state index is 13.8. The molecular weight excluding hydrogens is 543 g/mol. The molecule has 0 aliphatic carbocycles. The lowest BCUT2D eigenvalue weighted by Gasteiger charge is -2.31. The van der Waals surface area contributed by atoms with Crippen LogP contribution in [0, 0.1) is 12.8 Å². The second-order valence-electron chi connectivity index (χ2n) is 8.46. The number of rotatable bonds is 5. The molecule has 3 heterocycles. The van der Waals surface area contributed by atoms with Gasteiger partial charge >= 0.3 is 10.8 Å². The van der Waals surface area contributed by atoms with Crippen molar-refractivity contribution in [3.8, 4) is 0 Å². The van der Waals surface area contributed by atoms with Crippen LogP contribution in [0.25, 0.3) is 0 Å². The predicted molar refractivity (Wildman–Crippen MR) is 140 cm³/mol. The second kappa shape index (κ2) is 9.70. The van der Waals surface area contributed by atoms with Crippen molar-refractivity contribution >= 4 is 69.8 Å². The number of hydrogen-bond acceptors (Lipinski definition) is 7. The van der Waals surface area contributed by atoms with Crippen LogP contribution >= 0.6 is 46.3 Å². The van der Waals surface area contributed by atoms with Gasteiger partial charge in [0.2, 0.25) is 11.8 Å². The number of benzene rings is 2. The summed E-state index contributed by atoms with van der Waals surface area (Å²) in [7, 11) is 0. The number of anilines is 1. The molecule has 1 saturated heterocycles. The molecule has 1 aromatic heterocycles. The van der Waals surface area contributed by atoms with Gasteiger partial charge in [0, 0.05) is 10.8 Å². The molecule has 0 saturated carbocycles. The minimum atomic E-state index is -0.811. The molecule has 7 nitrogen and oxygen atoms in total. The van der Waals surface area contributed by atoms with Crippen molar-refractivity contribution in [3.05, 3.63) is 78.2 Å². The van der Waals surface area contributed by atoms with Gasteiger partial charge in [-0.1, -0.05) is 76.1 Å². The average molecular weight is 563 g/mol. The number of fused-ring (bicyclic) bond motifs is 2. The lowest BCUT2D eigenvalue weighted by Crippen LogP contribution is -2.33. The van der Waals surface area contributed by atoms with Crippen LogP contribution in [0.5, 0.6) is 0 Å². The summed E-state index contributed by atoms with van der Waals surface area (Å²) in [6, 6.07) is 12.3. The number of thiazole rings is 1. The summed E-state index contributed by atoms with van der Waals surface area (Å²) in [4.78, 5) is 54.2. The SMILES string of the molecule is CCOC(=O)Cn1c2c(sc1=O)[C@H](c1cccc(Cl)c1Cl)C1C(=O)N(c3ccc(C)cc3)C(=O)C1S2. The maximum absolute atomic E-state index is 13.8. The Morgan fingerprint density at radius 2 is 1.78 bits per heavy atom. The minimum Gasteiger partial charge on any atom is -0.465 e. The Bertz CT molecular complexity index is 1450. The molecule has 2 unspecified atom stereocenters. The van der Waals surface area contributed by atoms with Gasteiger partial charge in [-0.15, -0.1) is 0 Å². The third-order valence-corrected chi connectivity index (χ3v) is 9.69. The Balaban J connectivity index is 1.68. The van der Waals surface area contributed by atoms with Gasteiger partial charge in [-0.05, 0) is 37.6 Å². The molecule has 0 radical (unpaired) electrons. The predicted octanol–water partition coefficient (Wildman–Crippen LogP) is 4.88. The number of aryl methyl sites for hydroxylation is 1. The molecule has 3 aromatic rings. The van der Waals surface area contributed by atoms with E-state index in [1.54, 1.807) is 37.3 Å². The van der Waals surface area contributed by atoms with E-state index in [0.717, 1.165) is 28.7 Å². The van der Waals surface area contributed by atoms with Gasteiger partial charge in [0.25, 0.3) is 0 Å². The molecule has 2 aromatic carbocycles. The molecule has 11 heteroatoms. The molecule has 0 N–H and O–H groups in total. The fourth-order valence-corrected chi connectivity index (χ4v) is 7.82. The fraction of sp³-hybridized carbons (Fsp3) is 0.280. The van der Waals surface area contributed by atoms with Gasteiger partial charge in [0.1, 0.15) is 11.8 Å². The van der Waals surface area contributed by atoms with Gasteiger partial charge in [-0.25, -0.2) is 4.90 Å². The number of thioether (sulfide) groups is 1. The zero-order valence-electron chi connectivity index (χ0n) is 19.2. The van der Waals surface area contributed by atoms with Crippen molar-refractivity contribution in [2.45, 2.75) is 36.6 Å². The molecule has 2 aliphatic rings. The highest BCUT2D eigenvalue weighted by Crippen LogP contribution is 2.55. The number of ether oxygens (including phenoxy) is 1. The van der Waals surface area contributed by atoms with Gasteiger partial charge in [0.15, 0.2) is 0 Å². The molecule has 1 fully saturated rings. The number of carbonyl (C=O) groups is 3. The summed E-state index contributed by atoms with van der Waals surface area (Å²) in [5, 5.41) is 0.213. The molecule has 36 heavy (non-hydrogen) atoms. The maximum Gasteiger partial charge on any atom is 0.326 e. The summed E-state index contributed by atoms with van der Waals surface area (Å²) in [5.74, 6) is -2.80. The van der Waals surface area contributed by atoms with Crippen LogP contribution in [-0.2, 0) is 25.7 Å². The number of nitrogens with zero attached hydrogens (tertiary/aromatic N) is 2. The van der Waals surface area contributed by atoms with Gasteiger partial charge < -0.3 is 4.74 Å². The van der Waals surface area contributed by atoms with E-state index in [2.05, 4.69) is 0 Å². The second-order valence-corrected chi connectivity index (χ2v) is 11.4. The molecule has 0 spiro atoms. The third kappa shape index (κ3) is 4.08. The van der Waals surface area contributed by atoms with E-state index in [9.17, 15) is 19.2 Å². The Morgan fingerprint density at radius 3 is 2.47 bits per heavy atom. The summed E-state index contributed by atoms with van der Waals surface area (Å²) in [6.07, 6.45) is 0. The van der Waals surface area contributed by atoms with E-state index >= 15 is 0 Å². The largest absolute Gasteiger partial charge is 0.465 e. The number of hydrogen-bond donors (Lipinski definition) is 0. The monoisotopic (exact) mass is 562 g/mol. The van der Waals surface area contributed by atoms with E-state index in [1.165, 1.54) is 9.47 Å². The summed E-state index contributed by atoms with van der Waals surface area (Å²) in [6.45, 7) is 3.49. The number of halogens is 2. The first-order valence-electron chi connectivity index (χ1n) is 11.2. The minimum absolute atomic E-state index is 0.178. The first kappa shape index (κ1) is 25.1. The van der Waals surface area contributed by atoms with Crippen LogP contribution in [0.3, 0.4) is 0 Å². The average Bonchev–Trinajstić information content (AvgIpc) is 3.28. The Morgan fingerprint density at radius 1 is 1.06 bits per heavy atom. The topological polar surface area (TPSA) is 85.7 Å². The molecular formula is C25H20Cl2N2O5S2. The van der Waals surface area contributed by atoms with E-state index < -0.39 is 23.1 Å². The molecule has 3 atom stereocenters. The number of esters is 1. The van der Waals surface area contributed by atoms with Crippen molar-refractivity contribution in [2.24, 2.45) is 5.92 Å². The highest BCUT2D eigenvalue weighted by atomic mass is 35.5. The van der Waals surface area contributed by atoms with Crippen LogP contribution in [0.1, 0.15) is 28.8 Å². The Labute approximate surface area is 225 Å². The Hall–Kier alpha value is -2.59. The van der Waals surface area contributed by atoms with Crippen LogP contribution in [0.2, 0.25) is 10.0 Å². The van der Waals surface area contributed by atoms with Crippen molar-refractivity contribution in [3.63, 3.8) is 0 Å². The van der Waals surface area contributed by atoms with Crippen molar-refractivity contribution in [1.82, 2.24) is 4.57 Å². The first-order chi connectivity index (χ1) is 17.2. The van der Waals surface area contributed by atoms with Crippen LogP contribution in [0.4, 0.5) is 5.69 Å². The van der Waals surface area contributed by atoms with E-state index in [4.69, 9.17) is 27.9 Å². The fourth-order valence-electron chi connectivity index (χ4n) is 4.64. The van der Waals surface area contributed by atoms with Gasteiger partial charge in [0.05, 0.1) is 33.3 Å². The normalized spacial score (nSPS) is 20.9.